The molecule has 4 rings (SSSR count). The number of esters is 1. The molecule has 9 nitrogen and oxygen atoms in total. The van der Waals surface area contributed by atoms with Gasteiger partial charge in [-0.25, -0.2) is 9.78 Å². The van der Waals surface area contributed by atoms with Crippen molar-refractivity contribution in [2.24, 2.45) is 4.99 Å². The molecule has 0 unspecified atom stereocenters. The SMILES string of the molecule is CCOC(=O)c1cc2c(=O)n3ccccc3nc2n(CCCOC)c1=NC(=O)c1cc(C)cc(C)c1. The van der Waals surface area contributed by atoms with Crippen LogP contribution < -0.4 is 11.0 Å². The Kier molecular flexibility index (Phi) is 7.40. The molecule has 0 aliphatic rings. The fourth-order valence-corrected chi connectivity index (χ4v) is 4.20. The average Bonchev–Trinajstić information content (AvgIpc) is 2.85. The summed E-state index contributed by atoms with van der Waals surface area (Å²) in [6, 6.07) is 12.1. The van der Waals surface area contributed by atoms with Gasteiger partial charge in [-0.05, 0) is 57.5 Å². The zero-order chi connectivity index (χ0) is 25.8. The second-order valence-corrected chi connectivity index (χ2v) is 8.48. The number of ether oxygens (including phenoxy) is 2. The Hall–Kier alpha value is -4.11. The zero-order valence-electron chi connectivity index (χ0n) is 20.8. The van der Waals surface area contributed by atoms with Crippen molar-refractivity contribution >= 4 is 28.6 Å². The molecule has 0 saturated carbocycles. The van der Waals surface area contributed by atoms with Gasteiger partial charge in [-0.3, -0.25) is 14.0 Å². The first-order valence-electron chi connectivity index (χ1n) is 11.7. The Labute approximate surface area is 207 Å². The summed E-state index contributed by atoms with van der Waals surface area (Å²) in [6.45, 7) is 6.35. The van der Waals surface area contributed by atoms with Crippen molar-refractivity contribution in [3.8, 4) is 0 Å². The molecule has 36 heavy (non-hydrogen) atoms. The molecule has 0 aliphatic carbocycles. The maximum Gasteiger partial charge on any atom is 0.341 e. The van der Waals surface area contributed by atoms with Crippen LogP contribution in [0.25, 0.3) is 16.7 Å². The molecule has 0 fully saturated rings. The van der Waals surface area contributed by atoms with Gasteiger partial charge < -0.3 is 14.0 Å². The third-order valence-electron chi connectivity index (χ3n) is 5.69. The summed E-state index contributed by atoms with van der Waals surface area (Å²) >= 11 is 0. The summed E-state index contributed by atoms with van der Waals surface area (Å²) in [6.07, 6.45) is 2.16. The van der Waals surface area contributed by atoms with Gasteiger partial charge in [0, 0.05) is 32.0 Å². The number of methoxy groups -OCH3 is 1. The van der Waals surface area contributed by atoms with Crippen molar-refractivity contribution < 1.29 is 19.1 Å². The molecule has 186 valence electrons. The quantitative estimate of drug-likeness (QED) is 0.225. The number of hydrogen-bond donors (Lipinski definition) is 0. The Bertz CT molecular complexity index is 1580. The maximum absolute atomic E-state index is 13.4. The highest BCUT2D eigenvalue weighted by molar-refractivity contribution is 5.97. The molecule has 0 saturated heterocycles. The van der Waals surface area contributed by atoms with Gasteiger partial charge in [0.15, 0.2) is 5.49 Å². The molecule has 0 aliphatic heterocycles. The fourth-order valence-electron chi connectivity index (χ4n) is 4.20. The highest BCUT2D eigenvalue weighted by Crippen LogP contribution is 2.14. The first kappa shape index (κ1) is 25.0. The summed E-state index contributed by atoms with van der Waals surface area (Å²) in [5.74, 6) is -1.19. The number of benzene rings is 1. The lowest BCUT2D eigenvalue weighted by Crippen LogP contribution is -2.33. The van der Waals surface area contributed by atoms with E-state index in [0.717, 1.165) is 11.1 Å². The normalized spacial score (nSPS) is 11.8. The summed E-state index contributed by atoms with van der Waals surface area (Å²) in [7, 11) is 1.59. The van der Waals surface area contributed by atoms with Crippen molar-refractivity contribution in [1.29, 1.82) is 0 Å². The van der Waals surface area contributed by atoms with Gasteiger partial charge in [0.05, 0.1) is 12.0 Å². The summed E-state index contributed by atoms with van der Waals surface area (Å²) in [5, 5.41) is 0.219. The Morgan fingerprint density at radius 2 is 1.83 bits per heavy atom. The monoisotopic (exact) mass is 488 g/mol. The lowest BCUT2D eigenvalue weighted by molar-refractivity contribution is 0.0523. The number of nitrogens with zero attached hydrogens (tertiary/aromatic N) is 4. The molecule has 0 spiro atoms. The predicted molar refractivity (Wildman–Crippen MR) is 135 cm³/mol. The van der Waals surface area contributed by atoms with Crippen molar-refractivity contribution in [3.05, 3.63) is 86.8 Å². The molecule has 3 aromatic heterocycles. The topological polar surface area (TPSA) is 104 Å². The Balaban J connectivity index is 2.09. The van der Waals surface area contributed by atoms with E-state index in [4.69, 9.17) is 14.5 Å². The molecule has 0 radical (unpaired) electrons. The number of aryl methyl sites for hydroxylation is 3. The Morgan fingerprint density at radius 3 is 2.53 bits per heavy atom. The first-order chi connectivity index (χ1) is 17.3. The minimum absolute atomic E-state index is 0.0225. The summed E-state index contributed by atoms with van der Waals surface area (Å²) in [5.41, 5.74) is 2.78. The van der Waals surface area contributed by atoms with Crippen LogP contribution in [0.5, 0.6) is 0 Å². The number of aromatic nitrogens is 3. The van der Waals surface area contributed by atoms with E-state index in [0.29, 0.717) is 36.4 Å². The van der Waals surface area contributed by atoms with E-state index >= 15 is 0 Å². The van der Waals surface area contributed by atoms with E-state index in [2.05, 4.69) is 4.99 Å². The maximum atomic E-state index is 13.4. The van der Waals surface area contributed by atoms with E-state index in [1.54, 1.807) is 55.1 Å². The highest BCUT2D eigenvalue weighted by atomic mass is 16.5. The van der Waals surface area contributed by atoms with Gasteiger partial charge in [0.2, 0.25) is 0 Å². The predicted octanol–water partition coefficient (Wildman–Crippen LogP) is 3.22. The largest absolute Gasteiger partial charge is 0.462 e. The first-order valence-corrected chi connectivity index (χ1v) is 11.7. The lowest BCUT2D eigenvalue weighted by atomic mass is 10.1. The van der Waals surface area contributed by atoms with Gasteiger partial charge in [-0.15, -0.1) is 0 Å². The van der Waals surface area contributed by atoms with Crippen LogP contribution in [0.3, 0.4) is 0 Å². The molecule has 4 aromatic rings. The number of rotatable bonds is 7. The van der Waals surface area contributed by atoms with Crippen LogP contribution >= 0.6 is 0 Å². The van der Waals surface area contributed by atoms with Crippen LogP contribution in [-0.2, 0) is 16.0 Å². The van der Waals surface area contributed by atoms with Crippen LogP contribution in [0.15, 0.2) is 58.4 Å². The summed E-state index contributed by atoms with van der Waals surface area (Å²) < 4.78 is 13.5. The van der Waals surface area contributed by atoms with Crippen molar-refractivity contribution in [1.82, 2.24) is 14.0 Å². The van der Waals surface area contributed by atoms with Crippen molar-refractivity contribution in [2.45, 2.75) is 33.7 Å². The van der Waals surface area contributed by atoms with Crippen LogP contribution in [0, 0.1) is 13.8 Å². The lowest BCUT2D eigenvalue weighted by Gasteiger charge is -2.15. The third-order valence-corrected chi connectivity index (χ3v) is 5.69. The smallest absolute Gasteiger partial charge is 0.341 e. The number of carbonyl (C=O) groups excluding carboxylic acids is 2. The molecule has 1 aromatic carbocycles. The molecular formula is C27H28N4O5. The standard InChI is InChI=1S/C27H28N4O5/c1-5-36-27(34)21-16-20-23(28-22-9-6-7-10-30(22)26(20)33)31(11-8-12-35-4)24(21)29-25(32)19-14-17(2)13-18(3)15-19/h6-7,9-10,13-16H,5,8,11-12H2,1-4H3. The second kappa shape index (κ2) is 10.7. The second-order valence-electron chi connectivity index (χ2n) is 8.48. The molecule has 0 atom stereocenters. The van der Waals surface area contributed by atoms with Crippen LogP contribution in [-0.4, -0.2) is 46.2 Å². The van der Waals surface area contributed by atoms with Crippen molar-refractivity contribution in [2.75, 3.05) is 20.3 Å². The van der Waals surface area contributed by atoms with E-state index in [1.165, 1.54) is 10.5 Å². The molecule has 9 heteroatoms. The zero-order valence-corrected chi connectivity index (χ0v) is 20.8. The third kappa shape index (κ3) is 4.96. The van der Waals surface area contributed by atoms with Crippen LogP contribution in [0.2, 0.25) is 0 Å². The van der Waals surface area contributed by atoms with Crippen LogP contribution in [0.1, 0.15) is 45.2 Å². The minimum atomic E-state index is -0.676. The minimum Gasteiger partial charge on any atom is -0.462 e. The number of pyridine rings is 2. The molecule has 0 bridgehead atoms. The Morgan fingerprint density at radius 1 is 1.08 bits per heavy atom. The molecule has 3 heterocycles. The van der Waals surface area contributed by atoms with Gasteiger partial charge in [0.25, 0.3) is 11.5 Å². The van der Waals surface area contributed by atoms with Crippen molar-refractivity contribution in [3.63, 3.8) is 0 Å². The molecule has 0 N–H and O–H groups in total. The highest BCUT2D eigenvalue weighted by Gasteiger charge is 2.20. The van der Waals surface area contributed by atoms with Gasteiger partial charge in [0.1, 0.15) is 16.9 Å². The molecule has 1 amide bonds. The van der Waals surface area contributed by atoms with E-state index < -0.39 is 11.9 Å². The average molecular weight is 489 g/mol. The van der Waals surface area contributed by atoms with Gasteiger partial charge >= 0.3 is 5.97 Å². The fraction of sp³-hybridized carbons (Fsp3) is 0.296. The summed E-state index contributed by atoms with van der Waals surface area (Å²) in [4.78, 5) is 48.8. The van der Waals surface area contributed by atoms with E-state index in [1.807, 2.05) is 19.9 Å². The van der Waals surface area contributed by atoms with Gasteiger partial charge in [-0.2, -0.15) is 4.99 Å². The van der Waals surface area contributed by atoms with E-state index in [9.17, 15) is 14.4 Å². The van der Waals surface area contributed by atoms with E-state index in [-0.39, 0.29) is 28.6 Å². The molecular weight excluding hydrogens is 460 g/mol. The number of carbonyl (C=O) groups is 2. The number of hydrogen-bond acceptors (Lipinski definition) is 6. The van der Waals surface area contributed by atoms with Gasteiger partial charge in [-0.1, -0.05) is 23.3 Å². The number of amides is 1. The van der Waals surface area contributed by atoms with Crippen LogP contribution in [0.4, 0.5) is 0 Å². The number of fused-ring (bicyclic) bond motifs is 2.